The Hall–Kier alpha value is -0.770. The molecule has 2 heterocycles. The summed E-state index contributed by atoms with van der Waals surface area (Å²) < 4.78 is 5.14. The van der Waals surface area contributed by atoms with Crippen LogP contribution >= 0.6 is 0 Å². The minimum absolute atomic E-state index is 0.118. The van der Waals surface area contributed by atoms with Crippen molar-refractivity contribution < 1.29 is 9.53 Å². The minimum atomic E-state index is -0.118. The Morgan fingerprint density at radius 2 is 2.47 bits per heavy atom. The van der Waals surface area contributed by atoms with Crippen LogP contribution in [-0.2, 0) is 4.74 Å². The highest BCUT2D eigenvalue weighted by Crippen LogP contribution is 2.24. The standard InChI is InChI=1S/C11H20N2O2/c1-2-6-13-10(8-15-11(13)14)9-4-3-5-12-7-9/h9-10,12H,2-8H2,1H3. The molecule has 0 radical (unpaired) electrons. The van der Waals surface area contributed by atoms with Gasteiger partial charge in [0.05, 0.1) is 6.04 Å². The van der Waals surface area contributed by atoms with E-state index in [1.165, 1.54) is 12.8 Å². The molecule has 0 saturated carbocycles. The van der Waals surface area contributed by atoms with Crippen molar-refractivity contribution >= 4 is 6.09 Å². The maximum absolute atomic E-state index is 11.5. The van der Waals surface area contributed by atoms with Crippen molar-refractivity contribution in [2.24, 2.45) is 5.92 Å². The molecule has 15 heavy (non-hydrogen) atoms. The number of hydrogen-bond acceptors (Lipinski definition) is 3. The zero-order valence-electron chi connectivity index (χ0n) is 9.37. The van der Waals surface area contributed by atoms with E-state index in [0.29, 0.717) is 18.6 Å². The van der Waals surface area contributed by atoms with E-state index >= 15 is 0 Å². The van der Waals surface area contributed by atoms with E-state index < -0.39 is 0 Å². The Labute approximate surface area is 91.0 Å². The van der Waals surface area contributed by atoms with Gasteiger partial charge in [0, 0.05) is 13.1 Å². The normalized spacial score (nSPS) is 31.8. The highest BCUT2D eigenvalue weighted by molar-refractivity contribution is 5.70. The van der Waals surface area contributed by atoms with Crippen LogP contribution in [0.4, 0.5) is 4.79 Å². The molecule has 0 bridgehead atoms. The largest absolute Gasteiger partial charge is 0.447 e. The first-order valence-electron chi connectivity index (χ1n) is 5.97. The highest BCUT2D eigenvalue weighted by Gasteiger charge is 2.37. The molecule has 4 nitrogen and oxygen atoms in total. The van der Waals surface area contributed by atoms with Crippen LogP contribution in [0.3, 0.4) is 0 Å². The van der Waals surface area contributed by atoms with Crippen LogP contribution in [-0.4, -0.2) is 43.3 Å². The molecule has 0 aromatic heterocycles. The van der Waals surface area contributed by atoms with Gasteiger partial charge in [0.15, 0.2) is 0 Å². The zero-order chi connectivity index (χ0) is 10.7. The first kappa shape index (κ1) is 10.7. The number of amides is 1. The fraction of sp³-hybridized carbons (Fsp3) is 0.909. The molecule has 2 saturated heterocycles. The molecular weight excluding hydrogens is 192 g/mol. The molecule has 1 N–H and O–H groups in total. The average molecular weight is 212 g/mol. The fourth-order valence-corrected chi connectivity index (χ4v) is 2.56. The molecule has 0 aromatic carbocycles. The lowest BCUT2D eigenvalue weighted by Crippen LogP contribution is -2.45. The van der Waals surface area contributed by atoms with Crippen LogP contribution in [0.1, 0.15) is 26.2 Å². The molecule has 2 atom stereocenters. The Morgan fingerprint density at radius 3 is 3.13 bits per heavy atom. The highest BCUT2D eigenvalue weighted by atomic mass is 16.6. The van der Waals surface area contributed by atoms with Crippen LogP contribution in [0.2, 0.25) is 0 Å². The number of carbonyl (C=O) groups excluding carboxylic acids is 1. The minimum Gasteiger partial charge on any atom is -0.447 e. The Balaban J connectivity index is 1.97. The van der Waals surface area contributed by atoms with E-state index in [-0.39, 0.29) is 6.09 Å². The maximum Gasteiger partial charge on any atom is 0.410 e. The number of carbonyl (C=O) groups is 1. The van der Waals surface area contributed by atoms with Gasteiger partial charge in [-0.05, 0) is 31.7 Å². The number of cyclic esters (lactones) is 1. The van der Waals surface area contributed by atoms with E-state index in [1.807, 2.05) is 4.90 Å². The van der Waals surface area contributed by atoms with Gasteiger partial charge in [0.2, 0.25) is 0 Å². The predicted molar refractivity (Wildman–Crippen MR) is 57.7 cm³/mol. The molecule has 2 unspecified atom stereocenters. The summed E-state index contributed by atoms with van der Waals surface area (Å²) in [6.07, 6.45) is 3.32. The first-order valence-corrected chi connectivity index (χ1v) is 5.97. The van der Waals surface area contributed by atoms with E-state index in [1.54, 1.807) is 0 Å². The number of nitrogens with zero attached hydrogens (tertiary/aromatic N) is 1. The predicted octanol–water partition coefficient (Wildman–Crippen LogP) is 1.22. The van der Waals surface area contributed by atoms with Crippen molar-refractivity contribution in [1.29, 1.82) is 0 Å². The monoisotopic (exact) mass is 212 g/mol. The summed E-state index contributed by atoms with van der Waals surface area (Å²) in [5, 5.41) is 3.40. The van der Waals surface area contributed by atoms with Crippen LogP contribution in [0.25, 0.3) is 0 Å². The Kier molecular flexibility index (Phi) is 3.46. The lowest BCUT2D eigenvalue weighted by molar-refractivity contribution is 0.154. The molecule has 1 amide bonds. The molecule has 0 aromatic rings. The fourth-order valence-electron chi connectivity index (χ4n) is 2.56. The summed E-state index contributed by atoms with van der Waals surface area (Å²) in [4.78, 5) is 13.4. The molecule has 2 aliphatic heterocycles. The second kappa shape index (κ2) is 4.84. The van der Waals surface area contributed by atoms with Crippen molar-refractivity contribution in [2.45, 2.75) is 32.2 Å². The van der Waals surface area contributed by atoms with Crippen LogP contribution in [0.5, 0.6) is 0 Å². The molecule has 0 aliphatic carbocycles. The summed E-state index contributed by atoms with van der Waals surface area (Å²) in [5.74, 6) is 0.580. The molecular formula is C11H20N2O2. The second-order valence-electron chi connectivity index (χ2n) is 4.44. The van der Waals surface area contributed by atoms with Gasteiger partial charge < -0.3 is 15.0 Å². The molecule has 86 valence electrons. The second-order valence-corrected chi connectivity index (χ2v) is 4.44. The van der Waals surface area contributed by atoms with Crippen LogP contribution in [0, 0.1) is 5.92 Å². The Morgan fingerprint density at radius 1 is 1.60 bits per heavy atom. The van der Waals surface area contributed by atoms with Crippen LogP contribution < -0.4 is 5.32 Å². The third-order valence-electron chi connectivity index (χ3n) is 3.36. The third kappa shape index (κ3) is 2.25. The number of piperidine rings is 1. The van der Waals surface area contributed by atoms with Gasteiger partial charge >= 0.3 is 6.09 Å². The maximum atomic E-state index is 11.5. The SMILES string of the molecule is CCCN1C(=O)OCC1C1CCCNC1. The van der Waals surface area contributed by atoms with Crippen molar-refractivity contribution in [3.8, 4) is 0 Å². The number of nitrogens with one attached hydrogen (secondary N) is 1. The smallest absolute Gasteiger partial charge is 0.410 e. The van der Waals surface area contributed by atoms with Gasteiger partial charge in [-0.3, -0.25) is 0 Å². The summed E-state index contributed by atoms with van der Waals surface area (Å²) in [6, 6.07) is 0.310. The third-order valence-corrected chi connectivity index (χ3v) is 3.36. The molecule has 2 rings (SSSR count). The average Bonchev–Trinajstić information content (AvgIpc) is 2.63. The summed E-state index contributed by atoms with van der Waals surface area (Å²) in [7, 11) is 0. The summed E-state index contributed by atoms with van der Waals surface area (Å²) in [5.41, 5.74) is 0. The lowest BCUT2D eigenvalue weighted by atomic mass is 9.91. The Bertz CT molecular complexity index is 227. The van der Waals surface area contributed by atoms with Gasteiger partial charge in [-0.15, -0.1) is 0 Å². The van der Waals surface area contributed by atoms with Gasteiger partial charge in [-0.1, -0.05) is 6.92 Å². The van der Waals surface area contributed by atoms with Crippen molar-refractivity contribution in [1.82, 2.24) is 10.2 Å². The summed E-state index contributed by atoms with van der Waals surface area (Å²) >= 11 is 0. The topological polar surface area (TPSA) is 41.6 Å². The molecule has 0 spiro atoms. The van der Waals surface area contributed by atoms with E-state index in [2.05, 4.69) is 12.2 Å². The van der Waals surface area contributed by atoms with Gasteiger partial charge in [-0.2, -0.15) is 0 Å². The molecule has 2 aliphatic rings. The molecule has 2 fully saturated rings. The number of ether oxygens (including phenoxy) is 1. The van der Waals surface area contributed by atoms with Gasteiger partial charge in [0.1, 0.15) is 6.61 Å². The summed E-state index contributed by atoms with van der Waals surface area (Å²) in [6.45, 7) is 5.67. The van der Waals surface area contributed by atoms with E-state index in [0.717, 1.165) is 26.1 Å². The quantitative estimate of drug-likeness (QED) is 0.764. The number of hydrogen-bond donors (Lipinski definition) is 1. The zero-order valence-corrected chi connectivity index (χ0v) is 9.37. The van der Waals surface area contributed by atoms with Crippen molar-refractivity contribution in [2.75, 3.05) is 26.2 Å². The number of rotatable bonds is 3. The van der Waals surface area contributed by atoms with Gasteiger partial charge in [0.25, 0.3) is 0 Å². The van der Waals surface area contributed by atoms with E-state index in [4.69, 9.17) is 4.74 Å². The first-order chi connectivity index (χ1) is 7.33. The van der Waals surface area contributed by atoms with Crippen molar-refractivity contribution in [3.63, 3.8) is 0 Å². The van der Waals surface area contributed by atoms with Gasteiger partial charge in [-0.25, -0.2) is 4.79 Å². The lowest BCUT2D eigenvalue weighted by Gasteiger charge is -2.31. The van der Waals surface area contributed by atoms with Crippen molar-refractivity contribution in [3.05, 3.63) is 0 Å². The van der Waals surface area contributed by atoms with Crippen LogP contribution in [0.15, 0.2) is 0 Å². The molecule has 4 heteroatoms. The van der Waals surface area contributed by atoms with E-state index in [9.17, 15) is 4.79 Å².